The second-order valence-electron chi connectivity index (χ2n) is 5.90. The normalized spacial score (nSPS) is 11.1. The topological polar surface area (TPSA) is 118 Å². The Balaban J connectivity index is 1.46. The average molecular weight is 414 g/mol. The van der Waals surface area contributed by atoms with Gasteiger partial charge in [0.2, 0.25) is 10.0 Å². The van der Waals surface area contributed by atoms with E-state index in [2.05, 4.69) is 30.5 Å². The third-order valence-electron chi connectivity index (χ3n) is 3.77. The van der Waals surface area contributed by atoms with Gasteiger partial charge >= 0.3 is 0 Å². The van der Waals surface area contributed by atoms with Gasteiger partial charge in [-0.05, 0) is 55.5 Å². The molecule has 0 amide bonds. The van der Waals surface area contributed by atoms with E-state index in [0.717, 1.165) is 5.69 Å². The van der Waals surface area contributed by atoms with E-state index < -0.39 is 10.0 Å². The van der Waals surface area contributed by atoms with Gasteiger partial charge < -0.3 is 15.4 Å². The van der Waals surface area contributed by atoms with Crippen LogP contribution in [0, 0.1) is 0 Å². The highest BCUT2D eigenvalue weighted by Gasteiger charge is 2.13. The van der Waals surface area contributed by atoms with Gasteiger partial charge in [-0.1, -0.05) is 0 Å². The van der Waals surface area contributed by atoms with Gasteiger partial charge in [0.15, 0.2) is 5.82 Å². The van der Waals surface area contributed by atoms with Crippen molar-refractivity contribution in [3.8, 4) is 5.75 Å². The van der Waals surface area contributed by atoms with Crippen molar-refractivity contribution >= 4 is 27.3 Å². The molecule has 0 spiro atoms. The van der Waals surface area contributed by atoms with Crippen LogP contribution in [0.5, 0.6) is 5.75 Å². The minimum absolute atomic E-state index is 0.187. The molecule has 0 aliphatic heterocycles. The monoisotopic (exact) mass is 414 g/mol. The number of ether oxygens (including phenoxy) is 1. The molecule has 9 nitrogen and oxygen atoms in total. The van der Waals surface area contributed by atoms with Crippen LogP contribution in [0.25, 0.3) is 0 Å². The van der Waals surface area contributed by atoms with E-state index in [0.29, 0.717) is 30.5 Å². The van der Waals surface area contributed by atoms with Gasteiger partial charge in [0, 0.05) is 19.3 Å². The molecule has 0 radical (unpaired) electrons. The van der Waals surface area contributed by atoms with Gasteiger partial charge in [-0.25, -0.2) is 13.1 Å². The molecule has 3 aromatic rings. The quantitative estimate of drug-likeness (QED) is 0.433. The van der Waals surface area contributed by atoms with Crippen molar-refractivity contribution in [2.24, 2.45) is 0 Å². The minimum atomic E-state index is -3.59. The van der Waals surface area contributed by atoms with Gasteiger partial charge in [-0.15, -0.1) is 10.2 Å². The van der Waals surface area contributed by atoms with Crippen molar-refractivity contribution in [1.82, 2.24) is 19.9 Å². The van der Waals surface area contributed by atoms with Crippen LogP contribution in [0.2, 0.25) is 0 Å². The zero-order valence-electron chi connectivity index (χ0n) is 15.9. The Bertz CT molecular complexity index is 996. The highest BCUT2D eigenvalue weighted by molar-refractivity contribution is 7.89. The van der Waals surface area contributed by atoms with Crippen molar-refractivity contribution in [3.63, 3.8) is 0 Å². The van der Waals surface area contributed by atoms with Gasteiger partial charge in [-0.3, -0.25) is 4.98 Å². The molecule has 0 unspecified atom stereocenters. The molecule has 3 rings (SSSR count). The lowest BCUT2D eigenvalue weighted by molar-refractivity contribution is 0.340. The summed E-state index contributed by atoms with van der Waals surface area (Å²) >= 11 is 0. The molecule has 0 bridgehead atoms. The molecule has 2 heterocycles. The second kappa shape index (κ2) is 9.80. The van der Waals surface area contributed by atoms with Crippen LogP contribution in [0.3, 0.4) is 0 Å². The molecule has 0 fully saturated rings. The molecule has 0 saturated carbocycles. The number of hydrogen-bond donors (Lipinski definition) is 3. The van der Waals surface area contributed by atoms with Crippen LogP contribution < -0.4 is 20.1 Å². The maximum absolute atomic E-state index is 12.3. The highest BCUT2D eigenvalue weighted by Crippen LogP contribution is 2.16. The summed E-state index contributed by atoms with van der Waals surface area (Å²) in [6, 6.07) is 13.5. The first-order chi connectivity index (χ1) is 14.1. The lowest BCUT2D eigenvalue weighted by Crippen LogP contribution is -2.29. The summed E-state index contributed by atoms with van der Waals surface area (Å²) in [5.41, 5.74) is 0.811. The summed E-state index contributed by atoms with van der Waals surface area (Å²) in [6.07, 6.45) is 3.37. The Kier molecular flexibility index (Phi) is 6.93. The van der Waals surface area contributed by atoms with E-state index in [1.165, 1.54) is 12.1 Å². The van der Waals surface area contributed by atoms with Crippen LogP contribution >= 0.6 is 0 Å². The van der Waals surface area contributed by atoms with Crippen LogP contribution in [-0.4, -0.2) is 43.3 Å². The molecule has 29 heavy (non-hydrogen) atoms. The van der Waals surface area contributed by atoms with Crippen LogP contribution in [0.4, 0.5) is 17.3 Å². The summed E-state index contributed by atoms with van der Waals surface area (Å²) in [5.74, 6) is 1.76. The summed E-state index contributed by atoms with van der Waals surface area (Å²) in [5, 5.41) is 14.2. The Morgan fingerprint density at radius 1 is 0.966 bits per heavy atom. The molecule has 1 aromatic carbocycles. The van der Waals surface area contributed by atoms with Crippen molar-refractivity contribution in [2.45, 2.75) is 11.8 Å². The standard InChI is InChI=1S/C19H22N6O3S/c1-2-28-16-5-7-17(8-6-16)29(26,27)22-13-12-21-18-9-10-19(25-24-18)23-15-4-3-11-20-14-15/h3-11,14,22H,2,12-13H2,1H3,(H,21,24)(H,23,25). The predicted octanol–water partition coefficient (Wildman–Crippen LogP) is 2.40. The first-order valence-electron chi connectivity index (χ1n) is 9.04. The molecule has 0 aliphatic carbocycles. The Morgan fingerprint density at radius 2 is 1.72 bits per heavy atom. The number of pyridine rings is 1. The number of hydrogen-bond acceptors (Lipinski definition) is 8. The summed E-state index contributed by atoms with van der Waals surface area (Å²) < 4.78 is 32.5. The van der Waals surface area contributed by atoms with Gasteiger partial charge in [0.1, 0.15) is 11.6 Å². The lowest BCUT2D eigenvalue weighted by atomic mass is 10.3. The van der Waals surface area contributed by atoms with E-state index in [4.69, 9.17) is 4.74 Å². The van der Waals surface area contributed by atoms with Crippen LogP contribution in [0.15, 0.2) is 65.8 Å². The fourth-order valence-corrected chi connectivity index (χ4v) is 3.45. The number of aromatic nitrogens is 3. The first-order valence-corrected chi connectivity index (χ1v) is 10.5. The molecule has 10 heteroatoms. The third-order valence-corrected chi connectivity index (χ3v) is 5.24. The highest BCUT2D eigenvalue weighted by atomic mass is 32.2. The zero-order valence-corrected chi connectivity index (χ0v) is 16.7. The maximum Gasteiger partial charge on any atom is 0.240 e. The summed E-state index contributed by atoms with van der Waals surface area (Å²) in [4.78, 5) is 4.20. The predicted molar refractivity (Wildman–Crippen MR) is 111 cm³/mol. The lowest BCUT2D eigenvalue weighted by Gasteiger charge is -2.09. The van der Waals surface area contributed by atoms with Crippen molar-refractivity contribution in [2.75, 3.05) is 30.3 Å². The molecule has 0 aliphatic rings. The van der Waals surface area contributed by atoms with Crippen molar-refractivity contribution in [1.29, 1.82) is 0 Å². The number of nitrogens with one attached hydrogen (secondary N) is 3. The largest absolute Gasteiger partial charge is 0.494 e. The van der Waals surface area contributed by atoms with Crippen LogP contribution in [0.1, 0.15) is 6.92 Å². The zero-order chi connectivity index (χ0) is 20.5. The minimum Gasteiger partial charge on any atom is -0.494 e. The summed E-state index contributed by atoms with van der Waals surface area (Å²) in [7, 11) is -3.59. The molecule has 0 saturated heterocycles. The Morgan fingerprint density at radius 3 is 2.38 bits per heavy atom. The number of benzene rings is 1. The molecular formula is C19H22N6O3S. The van der Waals surface area contributed by atoms with Gasteiger partial charge in [-0.2, -0.15) is 0 Å². The molecule has 0 atom stereocenters. The fraction of sp³-hybridized carbons (Fsp3) is 0.211. The molecular weight excluding hydrogens is 392 g/mol. The third kappa shape index (κ3) is 6.13. The van der Waals surface area contributed by atoms with E-state index >= 15 is 0 Å². The Labute approximate surface area is 169 Å². The second-order valence-corrected chi connectivity index (χ2v) is 7.67. The first kappa shape index (κ1) is 20.5. The Hall–Kier alpha value is -3.24. The number of sulfonamides is 1. The molecule has 152 valence electrons. The SMILES string of the molecule is CCOc1ccc(S(=O)(=O)NCCNc2ccc(Nc3cccnc3)nn2)cc1. The number of nitrogens with zero attached hydrogens (tertiary/aromatic N) is 3. The van der Waals surface area contributed by atoms with Crippen molar-refractivity contribution in [3.05, 3.63) is 60.9 Å². The van der Waals surface area contributed by atoms with Gasteiger partial charge in [0.25, 0.3) is 0 Å². The smallest absolute Gasteiger partial charge is 0.240 e. The number of rotatable bonds is 10. The van der Waals surface area contributed by atoms with E-state index in [9.17, 15) is 8.42 Å². The average Bonchev–Trinajstić information content (AvgIpc) is 2.74. The van der Waals surface area contributed by atoms with E-state index in [-0.39, 0.29) is 11.4 Å². The molecule has 2 aromatic heterocycles. The fourth-order valence-electron chi connectivity index (χ4n) is 2.42. The van der Waals surface area contributed by atoms with Gasteiger partial charge in [0.05, 0.1) is 23.4 Å². The van der Waals surface area contributed by atoms with E-state index in [1.807, 2.05) is 19.1 Å². The molecule has 3 N–H and O–H groups in total. The maximum atomic E-state index is 12.3. The van der Waals surface area contributed by atoms with Crippen LogP contribution in [-0.2, 0) is 10.0 Å². The van der Waals surface area contributed by atoms with Crippen molar-refractivity contribution < 1.29 is 13.2 Å². The number of anilines is 3. The van der Waals surface area contributed by atoms with E-state index in [1.54, 1.807) is 36.7 Å². The summed E-state index contributed by atoms with van der Waals surface area (Å²) in [6.45, 7) is 2.96.